The van der Waals surface area contributed by atoms with Gasteiger partial charge in [0.1, 0.15) is 11.7 Å². The summed E-state index contributed by atoms with van der Waals surface area (Å²) in [6.45, 7) is 7.39. The van der Waals surface area contributed by atoms with Crippen LogP contribution in [-0.2, 0) is 19.0 Å². The predicted molar refractivity (Wildman–Crippen MR) is 70.2 cm³/mol. The van der Waals surface area contributed by atoms with Crippen LogP contribution in [0.3, 0.4) is 0 Å². The normalized spacial score (nSPS) is 21.9. The van der Waals surface area contributed by atoms with Gasteiger partial charge in [0.2, 0.25) is 0 Å². The monoisotopic (exact) mass is 289 g/mol. The molecule has 0 aliphatic carbocycles. The van der Waals surface area contributed by atoms with E-state index < -0.39 is 29.8 Å². The number of amides is 1. The standard InChI is InChI=1S/C13H23NO6/c1-8(15)10(14-12(17)20-13(2,3)4)11(16)19-9-5-6-18-7-9/h8-10,15H,5-7H2,1-4H3,(H,14,17)/t8-,9-,10-/m0/s1. The fourth-order valence-corrected chi connectivity index (χ4v) is 1.65. The fraction of sp³-hybridized carbons (Fsp3) is 0.846. The Morgan fingerprint density at radius 2 is 2.05 bits per heavy atom. The fourth-order valence-electron chi connectivity index (χ4n) is 1.65. The molecule has 0 aromatic carbocycles. The van der Waals surface area contributed by atoms with Gasteiger partial charge in [-0.25, -0.2) is 9.59 Å². The van der Waals surface area contributed by atoms with Crippen molar-refractivity contribution in [2.75, 3.05) is 13.2 Å². The summed E-state index contributed by atoms with van der Waals surface area (Å²) in [5, 5.41) is 11.9. The number of carbonyl (C=O) groups excluding carboxylic acids is 2. The van der Waals surface area contributed by atoms with Gasteiger partial charge >= 0.3 is 12.1 Å². The zero-order valence-electron chi connectivity index (χ0n) is 12.3. The lowest BCUT2D eigenvalue weighted by Gasteiger charge is -2.24. The topological polar surface area (TPSA) is 94.1 Å². The smallest absolute Gasteiger partial charge is 0.408 e. The highest BCUT2D eigenvalue weighted by atomic mass is 16.6. The molecule has 1 fully saturated rings. The van der Waals surface area contributed by atoms with Crippen molar-refractivity contribution in [1.29, 1.82) is 0 Å². The maximum Gasteiger partial charge on any atom is 0.408 e. The number of aliphatic hydroxyl groups excluding tert-OH is 1. The second kappa shape index (κ2) is 6.90. The predicted octanol–water partition coefficient (Wildman–Crippen LogP) is 0.593. The molecule has 0 aromatic heterocycles. The van der Waals surface area contributed by atoms with Gasteiger partial charge in [-0.15, -0.1) is 0 Å². The van der Waals surface area contributed by atoms with E-state index in [2.05, 4.69) is 5.32 Å². The number of aliphatic hydroxyl groups is 1. The number of ether oxygens (including phenoxy) is 3. The van der Waals surface area contributed by atoms with Gasteiger partial charge in [0.25, 0.3) is 0 Å². The van der Waals surface area contributed by atoms with E-state index in [1.54, 1.807) is 20.8 Å². The summed E-state index contributed by atoms with van der Waals surface area (Å²) in [6.07, 6.45) is -1.57. The molecule has 1 rings (SSSR count). The molecule has 1 saturated heterocycles. The largest absolute Gasteiger partial charge is 0.458 e. The summed E-state index contributed by atoms with van der Waals surface area (Å²) in [6, 6.07) is -1.16. The van der Waals surface area contributed by atoms with E-state index in [0.717, 1.165) is 0 Å². The highest BCUT2D eigenvalue weighted by Gasteiger charge is 2.32. The van der Waals surface area contributed by atoms with E-state index in [4.69, 9.17) is 14.2 Å². The quantitative estimate of drug-likeness (QED) is 0.736. The van der Waals surface area contributed by atoms with E-state index in [1.807, 2.05) is 0 Å². The van der Waals surface area contributed by atoms with Crippen LogP contribution in [0.15, 0.2) is 0 Å². The van der Waals surface area contributed by atoms with Gasteiger partial charge in [-0.2, -0.15) is 0 Å². The molecular weight excluding hydrogens is 266 g/mol. The summed E-state index contributed by atoms with van der Waals surface area (Å²) >= 11 is 0. The number of esters is 1. The Labute approximate surface area is 118 Å². The molecule has 1 heterocycles. The van der Waals surface area contributed by atoms with Crippen molar-refractivity contribution in [1.82, 2.24) is 5.32 Å². The highest BCUT2D eigenvalue weighted by Crippen LogP contribution is 2.11. The van der Waals surface area contributed by atoms with Gasteiger partial charge in [0.15, 0.2) is 6.04 Å². The molecule has 2 N–H and O–H groups in total. The molecule has 1 aliphatic heterocycles. The molecule has 7 nitrogen and oxygen atoms in total. The molecule has 1 aliphatic rings. The molecule has 20 heavy (non-hydrogen) atoms. The Hall–Kier alpha value is -1.34. The van der Waals surface area contributed by atoms with Crippen LogP contribution in [0, 0.1) is 0 Å². The van der Waals surface area contributed by atoms with Crippen LogP contribution in [0.2, 0.25) is 0 Å². The van der Waals surface area contributed by atoms with Crippen molar-refractivity contribution < 1.29 is 28.9 Å². The van der Waals surface area contributed by atoms with Crippen LogP contribution in [0.25, 0.3) is 0 Å². The number of carbonyl (C=O) groups is 2. The average Bonchev–Trinajstić information content (AvgIpc) is 2.75. The maximum absolute atomic E-state index is 11.9. The van der Waals surface area contributed by atoms with E-state index >= 15 is 0 Å². The first-order valence-electron chi connectivity index (χ1n) is 6.65. The minimum atomic E-state index is -1.16. The summed E-state index contributed by atoms with van der Waals surface area (Å²) < 4.78 is 15.3. The van der Waals surface area contributed by atoms with E-state index in [-0.39, 0.29) is 6.10 Å². The van der Waals surface area contributed by atoms with Crippen LogP contribution in [0.4, 0.5) is 4.79 Å². The molecule has 0 radical (unpaired) electrons. The molecule has 0 aromatic rings. The molecule has 0 bridgehead atoms. The number of hydrogen-bond donors (Lipinski definition) is 2. The lowest BCUT2D eigenvalue weighted by molar-refractivity contribution is -0.154. The van der Waals surface area contributed by atoms with Crippen molar-refractivity contribution in [3.63, 3.8) is 0 Å². The minimum Gasteiger partial charge on any atom is -0.458 e. The maximum atomic E-state index is 11.9. The summed E-state index contributed by atoms with van der Waals surface area (Å²) in [5.74, 6) is -0.693. The summed E-state index contributed by atoms with van der Waals surface area (Å²) in [4.78, 5) is 23.6. The van der Waals surface area contributed by atoms with Crippen molar-refractivity contribution in [2.45, 2.75) is 58.0 Å². The van der Waals surface area contributed by atoms with Crippen LogP contribution < -0.4 is 5.32 Å². The van der Waals surface area contributed by atoms with Crippen LogP contribution in [0.5, 0.6) is 0 Å². The second-order valence-electron chi connectivity index (χ2n) is 5.79. The van der Waals surface area contributed by atoms with Gasteiger partial charge in [0, 0.05) is 6.42 Å². The van der Waals surface area contributed by atoms with Crippen LogP contribution in [0.1, 0.15) is 34.1 Å². The molecule has 116 valence electrons. The van der Waals surface area contributed by atoms with Crippen molar-refractivity contribution in [3.8, 4) is 0 Å². The Balaban J connectivity index is 2.54. The highest BCUT2D eigenvalue weighted by molar-refractivity contribution is 5.82. The first kappa shape index (κ1) is 16.7. The number of rotatable bonds is 4. The first-order valence-corrected chi connectivity index (χ1v) is 6.65. The van der Waals surface area contributed by atoms with E-state index in [9.17, 15) is 14.7 Å². The third-order valence-electron chi connectivity index (χ3n) is 2.58. The number of hydrogen-bond acceptors (Lipinski definition) is 6. The van der Waals surface area contributed by atoms with Crippen molar-refractivity contribution in [2.24, 2.45) is 0 Å². The zero-order chi connectivity index (χ0) is 15.3. The zero-order valence-corrected chi connectivity index (χ0v) is 12.3. The van der Waals surface area contributed by atoms with E-state index in [1.165, 1.54) is 6.92 Å². The lowest BCUT2D eigenvalue weighted by Crippen LogP contribution is -2.50. The van der Waals surface area contributed by atoms with E-state index in [0.29, 0.717) is 19.6 Å². The molecule has 1 amide bonds. The molecule has 0 unspecified atom stereocenters. The minimum absolute atomic E-state index is 0.329. The molecule has 3 atom stereocenters. The third kappa shape index (κ3) is 5.75. The summed E-state index contributed by atoms with van der Waals surface area (Å²) in [7, 11) is 0. The lowest BCUT2D eigenvalue weighted by atomic mass is 10.2. The molecular formula is C13H23NO6. The Bertz CT molecular complexity index is 343. The second-order valence-corrected chi connectivity index (χ2v) is 5.79. The Morgan fingerprint density at radius 1 is 1.40 bits per heavy atom. The van der Waals surface area contributed by atoms with Crippen molar-refractivity contribution >= 4 is 12.1 Å². The Morgan fingerprint density at radius 3 is 2.50 bits per heavy atom. The number of alkyl carbamates (subject to hydrolysis) is 1. The first-order chi connectivity index (χ1) is 9.19. The average molecular weight is 289 g/mol. The van der Waals surface area contributed by atoms with Gasteiger partial charge in [-0.05, 0) is 27.7 Å². The third-order valence-corrected chi connectivity index (χ3v) is 2.58. The van der Waals surface area contributed by atoms with Crippen LogP contribution in [-0.4, -0.2) is 54.2 Å². The number of nitrogens with one attached hydrogen (secondary N) is 1. The molecule has 0 spiro atoms. The SMILES string of the molecule is C[C@H](O)[C@H](NC(=O)OC(C)(C)C)C(=O)O[C@H]1CCOC1. The molecule has 0 saturated carbocycles. The Kier molecular flexibility index (Phi) is 5.76. The van der Waals surface area contributed by atoms with Crippen LogP contribution >= 0.6 is 0 Å². The van der Waals surface area contributed by atoms with Gasteiger partial charge in [0.05, 0.1) is 19.3 Å². The van der Waals surface area contributed by atoms with Gasteiger partial charge < -0.3 is 24.6 Å². The summed E-state index contributed by atoms with van der Waals surface area (Å²) in [5.41, 5.74) is -0.684. The van der Waals surface area contributed by atoms with Gasteiger partial charge in [-0.1, -0.05) is 0 Å². The molecule has 7 heteroatoms. The van der Waals surface area contributed by atoms with Gasteiger partial charge in [-0.3, -0.25) is 0 Å². The van der Waals surface area contributed by atoms with Crippen molar-refractivity contribution in [3.05, 3.63) is 0 Å².